The lowest BCUT2D eigenvalue weighted by Gasteiger charge is -2.28. The molecule has 1 N–H and O–H groups in total. The fourth-order valence-corrected chi connectivity index (χ4v) is 2.72. The Morgan fingerprint density at radius 2 is 1.59 bits per heavy atom. The van der Waals surface area contributed by atoms with E-state index >= 15 is 0 Å². The van der Waals surface area contributed by atoms with E-state index in [4.69, 9.17) is 0 Å². The first kappa shape index (κ1) is 16.5. The Morgan fingerprint density at radius 1 is 1.05 bits per heavy atom. The summed E-state index contributed by atoms with van der Waals surface area (Å²) >= 11 is 0. The number of piperazine rings is 1. The topological polar surface area (TPSA) is 69.7 Å². The number of imide groups is 1. The molecule has 0 spiro atoms. The van der Waals surface area contributed by atoms with Crippen LogP contribution in [0.15, 0.2) is 24.3 Å². The van der Waals surface area contributed by atoms with E-state index in [1.807, 2.05) is 0 Å². The average molecular weight is 324 g/mol. The Balaban J connectivity index is 0.00000176. The fraction of sp³-hybridized carbons (Fsp3) is 0.400. The summed E-state index contributed by atoms with van der Waals surface area (Å²) in [7, 11) is 0. The summed E-state index contributed by atoms with van der Waals surface area (Å²) < 4.78 is 0. The minimum absolute atomic E-state index is 0. The molecule has 3 rings (SSSR count). The third-order valence-electron chi connectivity index (χ3n) is 3.90. The van der Waals surface area contributed by atoms with Gasteiger partial charge in [0.05, 0.1) is 11.1 Å². The van der Waals surface area contributed by atoms with Crippen LogP contribution in [0.3, 0.4) is 0 Å². The molecule has 6 nitrogen and oxygen atoms in total. The minimum Gasteiger partial charge on any atom is -0.340 e. The number of nitrogens with one attached hydrogen (secondary N) is 1. The molecule has 22 heavy (non-hydrogen) atoms. The molecule has 0 aromatic heterocycles. The molecule has 118 valence electrons. The molecule has 0 aliphatic carbocycles. The van der Waals surface area contributed by atoms with Gasteiger partial charge < -0.3 is 10.2 Å². The minimum atomic E-state index is -0.302. The number of hydrogen-bond acceptors (Lipinski definition) is 4. The van der Waals surface area contributed by atoms with Gasteiger partial charge in [0, 0.05) is 39.1 Å². The number of fused-ring (bicyclic) bond motifs is 1. The van der Waals surface area contributed by atoms with Crippen molar-refractivity contribution in [1.82, 2.24) is 15.1 Å². The summed E-state index contributed by atoms with van der Waals surface area (Å²) in [5.41, 5.74) is 0.856. The largest absolute Gasteiger partial charge is 0.340 e. The number of amides is 3. The SMILES string of the molecule is Cl.O=C(CCN1C(=O)c2ccccc2C1=O)N1CCNCC1. The summed E-state index contributed by atoms with van der Waals surface area (Å²) in [5.74, 6) is -0.611. The highest BCUT2D eigenvalue weighted by molar-refractivity contribution is 6.21. The molecule has 0 radical (unpaired) electrons. The Kier molecular flexibility index (Phi) is 5.15. The molecule has 2 aliphatic heterocycles. The maximum atomic E-state index is 12.2. The van der Waals surface area contributed by atoms with Crippen molar-refractivity contribution in [3.63, 3.8) is 0 Å². The van der Waals surface area contributed by atoms with Crippen LogP contribution in [-0.4, -0.2) is 60.2 Å². The third-order valence-corrected chi connectivity index (χ3v) is 3.90. The molecule has 1 saturated heterocycles. The lowest BCUT2D eigenvalue weighted by atomic mass is 10.1. The Labute approximate surface area is 134 Å². The van der Waals surface area contributed by atoms with Gasteiger partial charge in [0.25, 0.3) is 11.8 Å². The number of rotatable bonds is 3. The average Bonchev–Trinajstić information content (AvgIpc) is 2.78. The van der Waals surface area contributed by atoms with Crippen molar-refractivity contribution in [3.05, 3.63) is 35.4 Å². The Morgan fingerprint density at radius 3 is 2.14 bits per heavy atom. The molecule has 7 heteroatoms. The van der Waals surface area contributed by atoms with Crippen LogP contribution in [0.1, 0.15) is 27.1 Å². The van der Waals surface area contributed by atoms with Gasteiger partial charge in [0.2, 0.25) is 5.91 Å². The zero-order valence-corrected chi connectivity index (χ0v) is 12.9. The quantitative estimate of drug-likeness (QED) is 0.824. The van der Waals surface area contributed by atoms with E-state index in [2.05, 4.69) is 5.32 Å². The molecule has 0 bridgehead atoms. The van der Waals surface area contributed by atoms with Crippen LogP contribution in [0, 0.1) is 0 Å². The van der Waals surface area contributed by atoms with Crippen molar-refractivity contribution < 1.29 is 14.4 Å². The number of hydrogen-bond donors (Lipinski definition) is 1. The van der Waals surface area contributed by atoms with Gasteiger partial charge in [0.15, 0.2) is 0 Å². The molecule has 3 amide bonds. The lowest BCUT2D eigenvalue weighted by molar-refractivity contribution is -0.131. The third kappa shape index (κ3) is 2.98. The zero-order chi connectivity index (χ0) is 14.8. The maximum Gasteiger partial charge on any atom is 0.261 e. The van der Waals surface area contributed by atoms with Crippen molar-refractivity contribution in [3.8, 4) is 0 Å². The molecule has 1 fully saturated rings. The second-order valence-electron chi connectivity index (χ2n) is 5.19. The fourth-order valence-electron chi connectivity index (χ4n) is 2.72. The van der Waals surface area contributed by atoms with Crippen LogP contribution in [0.2, 0.25) is 0 Å². The summed E-state index contributed by atoms with van der Waals surface area (Å²) in [5, 5.41) is 3.18. The van der Waals surface area contributed by atoms with E-state index in [0.717, 1.165) is 13.1 Å². The highest BCUT2D eigenvalue weighted by atomic mass is 35.5. The molecule has 0 unspecified atom stereocenters. The van der Waals surface area contributed by atoms with Crippen molar-refractivity contribution in [1.29, 1.82) is 0 Å². The molecule has 1 aromatic rings. The zero-order valence-electron chi connectivity index (χ0n) is 12.1. The van der Waals surface area contributed by atoms with Crippen molar-refractivity contribution >= 4 is 30.1 Å². The maximum absolute atomic E-state index is 12.2. The normalized spacial score (nSPS) is 17.3. The number of carbonyl (C=O) groups is 3. The van der Waals surface area contributed by atoms with Gasteiger partial charge in [-0.1, -0.05) is 12.1 Å². The van der Waals surface area contributed by atoms with Crippen molar-refractivity contribution in [2.24, 2.45) is 0 Å². The molecular formula is C15H18ClN3O3. The van der Waals surface area contributed by atoms with Gasteiger partial charge in [-0.05, 0) is 12.1 Å². The van der Waals surface area contributed by atoms with Crippen LogP contribution in [0.5, 0.6) is 0 Å². The predicted molar refractivity (Wildman–Crippen MR) is 83.1 cm³/mol. The van der Waals surface area contributed by atoms with Gasteiger partial charge >= 0.3 is 0 Å². The molecule has 1 aromatic carbocycles. The molecule has 0 atom stereocenters. The summed E-state index contributed by atoms with van der Waals surface area (Å²) in [6.45, 7) is 3.09. The molecule has 2 heterocycles. The predicted octanol–water partition coefficient (Wildman–Crippen LogP) is 0.526. The number of benzene rings is 1. The van der Waals surface area contributed by atoms with Crippen LogP contribution in [0.25, 0.3) is 0 Å². The first-order valence-electron chi connectivity index (χ1n) is 7.12. The van der Waals surface area contributed by atoms with Crippen LogP contribution >= 0.6 is 12.4 Å². The van der Waals surface area contributed by atoms with Gasteiger partial charge in [-0.15, -0.1) is 12.4 Å². The van der Waals surface area contributed by atoms with E-state index in [0.29, 0.717) is 24.2 Å². The first-order valence-corrected chi connectivity index (χ1v) is 7.12. The molecule has 2 aliphatic rings. The highest BCUT2D eigenvalue weighted by Gasteiger charge is 2.35. The summed E-state index contributed by atoms with van der Waals surface area (Å²) in [6, 6.07) is 6.76. The standard InChI is InChI=1S/C15H17N3O3.ClH/c19-13(17-9-6-16-7-10-17)5-8-18-14(20)11-3-1-2-4-12(11)15(18)21;/h1-4,16H,5-10H2;1H. The van der Waals surface area contributed by atoms with Crippen molar-refractivity contribution in [2.75, 3.05) is 32.7 Å². The second kappa shape index (κ2) is 6.89. The smallest absolute Gasteiger partial charge is 0.261 e. The van der Waals surface area contributed by atoms with Gasteiger partial charge in [0.1, 0.15) is 0 Å². The summed E-state index contributed by atoms with van der Waals surface area (Å²) in [6.07, 6.45) is 0.186. The van der Waals surface area contributed by atoms with E-state index in [-0.39, 0.29) is 43.1 Å². The Bertz CT molecular complexity index is 564. The highest BCUT2D eigenvalue weighted by Crippen LogP contribution is 2.22. The number of carbonyl (C=O) groups excluding carboxylic acids is 3. The molecular weight excluding hydrogens is 306 g/mol. The van der Waals surface area contributed by atoms with E-state index in [1.165, 1.54) is 4.90 Å². The van der Waals surface area contributed by atoms with Crippen LogP contribution in [0.4, 0.5) is 0 Å². The lowest BCUT2D eigenvalue weighted by Crippen LogP contribution is -2.47. The van der Waals surface area contributed by atoms with Gasteiger partial charge in [-0.25, -0.2) is 0 Å². The monoisotopic (exact) mass is 323 g/mol. The number of halogens is 1. The van der Waals surface area contributed by atoms with Gasteiger partial charge in [-0.2, -0.15) is 0 Å². The summed E-state index contributed by atoms with van der Waals surface area (Å²) in [4.78, 5) is 39.4. The van der Waals surface area contributed by atoms with E-state index in [9.17, 15) is 14.4 Å². The number of nitrogens with zero attached hydrogens (tertiary/aromatic N) is 2. The van der Waals surface area contributed by atoms with Crippen molar-refractivity contribution in [2.45, 2.75) is 6.42 Å². The second-order valence-corrected chi connectivity index (χ2v) is 5.19. The first-order chi connectivity index (χ1) is 10.2. The van der Waals surface area contributed by atoms with Crippen LogP contribution in [-0.2, 0) is 4.79 Å². The Hall–Kier alpha value is -1.92. The van der Waals surface area contributed by atoms with Crippen LogP contribution < -0.4 is 5.32 Å². The molecule has 0 saturated carbocycles. The van der Waals surface area contributed by atoms with E-state index in [1.54, 1.807) is 29.2 Å². The van der Waals surface area contributed by atoms with Gasteiger partial charge in [-0.3, -0.25) is 19.3 Å². The van der Waals surface area contributed by atoms with E-state index < -0.39 is 0 Å².